The van der Waals surface area contributed by atoms with E-state index in [1.807, 2.05) is 12.1 Å². The van der Waals surface area contributed by atoms with Crippen LogP contribution in [0.3, 0.4) is 0 Å². The molecule has 19 heavy (non-hydrogen) atoms. The van der Waals surface area contributed by atoms with Crippen LogP contribution >= 0.6 is 0 Å². The number of aryl methyl sites for hydroxylation is 1. The molecule has 2 heterocycles. The van der Waals surface area contributed by atoms with E-state index < -0.39 is 5.97 Å². The second kappa shape index (κ2) is 4.51. The Balaban J connectivity index is 2.14. The molecule has 98 valence electrons. The Hall–Kier alpha value is -2.14. The van der Waals surface area contributed by atoms with Gasteiger partial charge in [-0.25, -0.2) is 4.79 Å². The minimum atomic E-state index is -1.01. The summed E-state index contributed by atoms with van der Waals surface area (Å²) in [7, 11) is 1.75. The molecule has 0 atom stereocenters. The lowest BCUT2D eigenvalue weighted by Crippen LogP contribution is -2.11. The number of aromatic carboxylic acids is 1. The smallest absolute Gasteiger partial charge is 0.356 e. The van der Waals surface area contributed by atoms with Gasteiger partial charge in [0, 0.05) is 12.6 Å². The Morgan fingerprint density at radius 3 is 3.05 bits per heavy atom. The van der Waals surface area contributed by atoms with Crippen molar-refractivity contribution in [3.05, 3.63) is 41.1 Å². The predicted octanol–water partition coefficient (Wildman–Crippen LogP) is 1.86. The first-order chi connectivity index (χ1) is 9.16. The van der Waals surface area contributed by atoms with Gasteiger partial charge in [-0.05, 0) is 23.6 Å². The highest BCUT2D eigenvalue weighted by Gasteiger charge is 2.18. The number of carboxylic acid groups (broad SMARTS) is 1. The topological polar surface area (TPSA) is 64.4 Å². The molecule has 5 nitrogen and oxygen atoms in total. The highest BCUT2D eigenvalue weighted by atomic mass is 16.5. The number of nitrogens with zero attached hydrogens (tertiary/aromatic N) is 2. The molecule has 0 spiro atoms. The summed E-state index contributed by atoms with van der Waals surface area (Å²) in [4.78, 5) is 11.0. The van der Waals surface area contributed by atoms with E-state index in [2.05, 4.69) is 11.2 Å². The van der Waals surface area contributed by atoms with E-state index in [1.165, 1.54) is 5.56 Å². The number of fused-ring (bicyclic) bond motifs is 1. The molecule has 0 radical (unpaired) electrons. The summed E-state index contributed by atoms with van der Waals surface area (Å²) < 4.78 is 7.11. The van der Waals surface area contributed by atoms with Crippen molar-refractivity contribution in [3.63, 3.8) is 0 Å². The van der Waals surface area contributed by atoms with Crippen molar-refractivity contribution < 1.29 is 14.6 Å². The Labute approximate surface area is 110 Å². The van der Waals surface area contributed by atoms with Gasteiger partial charge >= 0.3 is 5.97 Å². The Bertz CT molecular complexity index is 646. The summed E-state index contributed by atoms with van der Waals surface area (Å²) in [6.07, 6.45) is 0.896. The molecule has 3 rings (SSSR count). The second-order valence-electron chi connectivity index (χ2n) is 4.59. The third-order valence-corrected chi connectivity index (χ3v) is 3.41. The maximum Gasteiger partial charge on any atom is 0.356 e. The number of ether oxygens (including phenoxy) is 1. The molecule has 1 aromatic carbocycles. The fraction of sp³-hybridized carbons (Fsp3) is 0.286. The van der Waals surface area contributed by atoms with Crippen LogP contribution in [-0.4, -0.2) is 27.5 Å². The van der Waals surface area contributed by atoms with Gasteiger partial charge in [0.05, 0.1) is 18.9 Å². The average molecular weight is 258 g/mol. The van der Waals surface area contributed by atoms with Gasteiger partial charge in [-0.2, -0.15) is 5.10 Å². The SMILES string of the molecule is Cn1nc(C(=O)O)cc1-c1cccc2c1COCC2. The van der Waals surface area contributed by atoms with Crippen LogP contribution in [0.15, 0.2) is 24.3 Å². The summed E-state index contributed by atoms with van der Waals surface area (Å²) >= 11 is 0. The van der Waals surface area contributed by atoms with E-state index in [0.29, 0.717) is 6.61 Å². The monoisotopic (exact) mass is 258 g/mol. The molecule has 0 saturated heterocycles. The zero-order chi connectivity index (χ0) is 13.4. The normalized spacial score (nSPS) is 14.2. The molecule has 0 fully saturated rings. The minimum absolute atomic E-state index is 0.0619. The lowest BCUT2D eigenvalue weighted by Gasteiger charge is -2.19. The van der Waals surface area contributed by atoms with Crippen LogP contribution < -0.4 is 0 Å². The average Bonchev–Trinajstić information content (AvgIpc) is 2.80. The van der Waals surface area contributed by atoms with Crippen LogP contribution in [0.5, 0.6) is 0 Å². The van der Waals surface area contributed by atoms with Crippen molar-refractivity contribution in [1.29, 1.82) is 0 Å². The summed E-state index contributed by atoms with van der Waals surface area (Å²) in [5, 5.41) is 13.0. The molecule has 0 saturated carbocycles. The van der Waals surface area contributed by atoms with E-state index in [-0.39, 0.29) is 5.69 Å². The second-order valence-corrected chi connectivity index (χ2v) is 4.59. The molecule has 1 aliphatic heterocycles. The number of benzene rings is 1. The van der Waals surface area contributed by atoms with Crippen LogP contribution in [0, 0.1) is 0 Å². The van der Waals surface area contributed by atoms with Gasteiger partial charge in [0.2, 0.25) is 0 Å². The first-order valence-electron chi connectivity index (χ1n) is 6.13. The first-order valence-corrected chi connectivity index (χ1v) is 6.13. The van der Waals surface area contributed by atoms with Crippen molar-refractivity contribution in [3.8, 4) is 11.3 Å². The maximum absolute atomic E-state index is 11.0. The van der Waals surface area contributed by atoms with Gasteiger partial charge in [0.15, 0.2) is 5.69 Å². The Kier molecular flexibility index (Phi) is 2.83. The summed E-state index contributed by atoms with van der Waals surface area (Å²) in [5.74, 6) is -1.01. The number of carbonyl (C=O) groups is 1. The highest BCUT2D eigenvalue weighted by Crippen LogP contribution is 2.29. The van der Waals surface area contributed by atoms with Crippen molar-refractivity contribution in [1.82, 2.24) is 9.78 Å². The zero-order valence-corrected chi connectivity index (χ0v) is 10.6. The molecule has 5 heteroatoms. The van der Waals surface area contributed by atoms with Crippen LogP contribution in [0.2, 0.25) is 0 Å². The fourth-order valence-corrected chi connectivity index (χ4v) is 2.46. The van der Waals surface area contributed by atoms with Crippen LogP contribution in [0.1, 0.15) is 21.6 Å². The lowest BCUT2D eigenvalue weighted by atomic mass is 9.96. The maximum atomic E-state index is 11.0. The standard InChI is InChI=1S/C14H14N2O3/c1-16-13(7-12(15-16)14(17)18)10-4-2-3-9-5-6-19-8-11(9)10/h2-4,7H,5-6,8H2,1H3,(H,17,18). The van der Waals surface area contributed by atoms with Gasteiger partial charge in [-0.15, -0.1) is 0 Å². The van der Waals surface area contributed by atoms with Crippen molar-refractivity contribution in [2.24, 2.45) is 7.05 Å². The van der Waals surface area contributed by atoms with E-state index in [4.69, 9.17) is 9.84 Å². The van der Waals surface area contributed by atoms with Gasteiger partial charge in [0.1, 0.15) is 0 Å². The van der Waals surface area contributed by atoms with E-state index in [0.717, 1.165) is 29.8 Å². The first kappa shape index (κ1) is 11.9. The van der Waals surface area contributed by atoms with Gasteiger partial charge < -0.3 is 9.84 Å². The number of carboxylic acids is 1. The third-order valence-electron chi connectivity index (χ3n) is 3.41. The van der Waals surface area contributed by atoms with Crippen LogP contribution in [0.4, 0.5) is 0 Å². The molecule has 0 unspecified atom stereocenters. The third kappa shape index (κ3) is 2.02. The van der Waals surface area contributed by atoms with Crippen molar-refractivity contribution >= 4 is 5.97 Å². The summed E-state index contributed by atoms with van der Waals surface area (Å²) in [6, 6.07) is 7.67. The quantitative estimate of drug-likeness (QED) is 0.893. The van der Waals surface area contributed by atoms with Gasteiger partial charge in [0.25, 0.3) is 0 Å². The molecular weight excluding hydrogens is 244 g/mol. The van der Waals surface area contributed by atoms with Crippen molar-refractivity contribution in [2.75, 3.05) is 6.61 Å². The molecule has 1 N–H and O–H groups in total. The summed E-state index contributed by atoms with van der Waals surface area (Å²) in [6.45, 7) is 1.31. The number of aromatic nitrogens is 2. The van der Waals surface area contributed by atoms with E-state index in [1.54, 1.807) is 17.8 Å². The predicted molar refractivity (Wildman–Crippen MR) is 69.0 cm³/mol. The number of rotatable bonds is 2. The van der Waals surface area contributed by atoms with Crippen LogP contribution in [-0.2, 0) is 24.8 Å². The fourth-order valence-electron chi connectivity index (χ4n) is 2.46. The zero-order valence-electron chi connectivity index (χ0n) is 10.6. The van der Waals surface area contributed by atoms with E-state index in [9.17, 15) is 4.79 Å². The highest BCUT2D eigenvalue weighted by molar-refractivity contribution is 5.87. The molecule has 1 aromatic heterocycles. The van der Waals surface area contributed by atoms with Crippen molar-refractivity contribution in [2.45, 2.75) is 13.0 Å². The molecule has 0 bridgehead atoms. The number of hydrogen-bond acceptors (Lipinski definition) is 3. The van der Waals surface area contributed by atoms with E-state index >= 15 is 0 Å². The number of hydrogen-bond donors (Lipinski definition) is 1. The Morgan fingerprint density at radius 2 is 2.32 bits per heavy atom. The summed E-state index contributed by atoms with van der Waals surface area (Å²) in [5.41, 5.74) is 4.27. The molecule has 1 aliphatic rings. The minimum Gasteiger partial charge on any atom is -0.476 e. The van der Waals surface area contributed by atoms with Gasteiger partial charge in [-0.3, -0.25) is 4.68 Å². The molecule has 0 amide bonds. The largest absolute Gasteiger partial charge is 0.476 e. The molecule has 2 aromatic rings. The lowest BCUT2D eigenvalue weighted by molar-refractivity contribution is 0.0689. The molecular formula is C14H14N2O3. The van der Waals surface area contributed by atoms with Crippen LogP contribution in [0.25, 0.3) is 11.3 Å². The molecule has 0 aliphatic carbocycles. The van der Waals surface area contributed by atoms with Gasteiger partial charge in [-0.1, -0.05) is 18.2 Å². The Morgan fingerprint density at radius 1 is 1.47 bits per heavy atom.